The molecule has 1 rings (SSSR count). The summed E-state index contributed by atoms with van der Waals surface area (Å²) in [5.74, 6) is 1.28. The number of carbonyl (C=O) groups excluding carboxylic acids is 1. The van der Waals surface area contributed by atoms with E-state index in [-0.39, 0.29) is 11.7 Å². The molecule has 1 unspecified atom stereocenters. The van der Waals surface area contributed by atoms with Crippen LogP contribution >= 0.6 is 0 Å². The van der Waals surface area contributed by atoms with Gasteiger partial charge < -0.3 is 0 Å². The summed E-state index contributed by atoms with van der Waals surface area (Å²) in [5.41, 5.74) is 2.12. The van der Waals surface area contributed by atoms with Crippen LogP contribution in [0.4, 0.5) is 0 Å². The van der Waals surface area contributed by atoms with Crippen LogP contribution in [-0.2, 0) is 0 Å². The minimum Gasteiger partial charge on any atom is -0.294 e. The van der Waals surface area contributed by atoms with Gasteiger partial charge >= 0.3 is 0 Å². The fraction of sp³-hybridized carbons (Fsp3) is 0.533. The Morgan fingerprint density at radius 3 is 1.81 bits per heavy atom. The largest absolute Gasteiger partial charge is 0.294 e. The monoisotopic (exact) mass is 218 g/mol. The molecule has 0 aliphatic rings. The Bertz CT molecular complexity index is 346. The summed E-state index contributed by atoms with van der Waals surface area (Å²) in [6, 6.07) is 8.03. The molecule has 0 fully saturated rings. The Kier molecular flexibility index (Phi) is 4.28. The molecule has 1 nitrogen and oxygen atoms in total. The van der Waals surface area contributed by atoms with Crippen LogP contribution in [0.15, 0.2) is 24.3 Å². The molecule has 16 heavy (non-hydrogen) atoms. The average molecular weight is 218 g/mol. The van der Waals surface area contributed by atoms with E-state index < -0.39 is 0 Å². The Morgan fingerprint density at radius 2 is 1.44 bits per heavy atom. The van der Waals surface area contributed by atoms with Crippen LogP contribution in [0, 0.1) is 11.8 Å². The highest BCUT2D eigenvalue weighted by atomic mass is 16.1. The van der Waals surface area contributed by atoms with Gasteiger partial charge in [0.15, 0.2) is 5.78 Å². The first-order chi connectivity index (χ1) is 7.43. The second kappa shape index (κ2) is 5.29. The maximum atomic E-state index is 12.1. The predicted octanol–water partition coefficient (Wildman–Crippen LogP) is 4.28. The molecule has 0 saturated heterocycles. The van der Waals surface area contributed by atoms with E-state index in [1.165, 1.54) is 5.56 Å². The van der Waals surface area contributed by atoms with Crippen molar-refractivity contribution in [2.75, 3.05) is 0 Å². The molecule has 0 N–H and O–H groups in total. The molecule has 1 aromatic rings. The first-order valence-corrected chi connectivity index (χ1v) is 6.07. The van der Waals surface area contributed by atoms with Gasteiger partial charge in [-0.1, -0.05) is 58.9 Å². The number of hydrogen-bond donors (Lipinski definition) is 0. The van der Waals surface area contributed by atoms with Crippen LogP contribution in [0.5, 0.6) is 0 Å². The fourth-order valence-corrected chi connectivity index (χ4v) is 1.60. The fourth-order valence-electron chi connectivity index (χ4n) is 1.60. The van der Waals surface area contributed by atoms with Gasteiger partial charge in [-0.15, -0.1) is 0 Å². The third kappa shape index (κ3) is 2.94. The van der Waals surface area contributed by atoms with Gasteiger partial charge in [0.2, 0.25) is 0 Å². The number of Topliss-reactive ketones (excluding diaryl/α,β-unsaturated/α-hetero) is 1. The Hall–Kier alpha value is -1.11. The van der Waals surface area contributed by atoms with Gasteiger partial charge in [0.25, 0.3) is 0 Å². The maximum Gasteiger partial charge on any atom is 0.165 e. The summed E-state index contributed by atoms with van der Waals surface area (Å²) in [7, 11) is 0. The molecule has 0 spiro atoms. The number of hydrogen-bond acceptors (Lipinski definition) is 1. The third-order valence-corrected chi connectivity index (χ3v) is 3.28. The number of carbonyl (C=O) groups is 1. The summed E-state index contributed by atoms with van der Waals surface area (Å²) < 4.78 is 0. The lowest BCUT2D eigenvalue weighted by molar-refractivity contribution is 0.0900. The summed E-state index contributed by atoms with van der Waals surface area (Å²) in [5, 5.41) is 0. The van der Waals surface area contributed by atoms with E-state index in [1.807, 2.05) is 19.1 Å². The number of ketones is 1. The highest BCUT2D eigenvalue weighted by Gasteiger charge is 2.18. The second-order valence-corrected chi connectivity index (χ2v) is 5.17. The van der Waals surface area contributed by atoms with Gasteiger partial charge in [-0.2, -0.15) is 0 Å². The van der Waals surface area contributed by atoms with Crippen molar-refractivity contribution in [3.8, 4) is 0 Å². The normalized spacial score (nSPS) is 13.2. The van der Waals surface area contributed by atoms with Crippen LogP contribution in [0.3, 0.4) is 0 Å². The molecular formula is C15H22O. The summed E-state index contributed by atoms with van der Waals surface area (Å²) in [4.78, 5) is 12.1. The molecule has 0 aliphatic heterocycles. The SMILES string of the molecule is CC(C)c1ccc(C(=O)C(C)C(C)C)cc1. The van der Waals surface area contributed by atoms with Crippen molar-refractivity contribution in [1.82, 2.24) is 0 Å². The van der Waals surface area contributed by atoms with Crippen molar-refractivity contribution < 1.29 is 4.79 Å². The van der Waals surface area contributed by atoms with Gasteiger partial charge in [-0.3, -0.25) is 4.79 Å². The molecule has 0 aliphatic carbocycles. The maximum absolute atomic E-state index is 12.1. The Balaban J connectivity index is 2.86. The van der Waals surface area contributed by atoms with Crippen LogP contribution in [0.25, 0.3) is 0 Å². The van der Waals surface area contributed by atoms with Crippen molar-refractivity contribution in [2.45, 2.75) is 40.5 Å². The first-order valence-electron chi connectivity index (χ1n) is 6.07. The standard InChI is InChI=1S/C15H22O/c1-10(2)12(5)15(16)14-8-6-13(7-9-14)11(3)4/h6-12H,1-5H3. The zero-order valence-electron chi connectivity index (χ0n) is 10.9. The van der Waals surface area contributed by atoms with E-state index in [9.17, 15) is 4.79 Å². The minimum absolute atomic E-state index is 0.102. The van der Waals surface area contributed by atoms with E-state index in [4.69, 9.17) is 0 Å². The van der Waals surface area contributed by atoms with Crippen LogP contribution in [-0.4, -0.2) is 5.78 Å². The quantitative estimate of drug-likeness (QED) is 0.689. The average Bonchev–Trinajstić information content (AvgIpc) is 2.27. The van der Waals surface area contributed by atoms with E-state index in [2.05, 4.69) is 39.8 Å². The summed E-state index contributed by atoms with van der Waals surface area (Å²) >= 11 is 0. The lowest BCUT2D eigenvalue weighted by Crippen LogP contribution is -2.16. The topological polar surface area (TPSA) is 17.1 Å². The van der Waals surface area contributed by atoms with E-state index in [1.54, 1.807) is 0 Å². The van der Waals surface area contributed by atoms with Crippen LogP contribution < -0.4 is 0 Å². The van der Waals surface area contributed by atoms with Gasteiger partial charge in [0.1, 0.15) is 0 Å². The van der Waals surface area contributed by atoms with Crippen molar-refractivity contribution in [2.24, 2.45) is 11.8 Å². The number of benzene rings is 1. The van der Waals surface area contributed by atoms with E-state index in [0.29, 0.717) is 11.8 Å². The first kappa shape index (κ1) is 13.0. The van der Waals surface area contributed by atoms with Crippen LogP contribution in [0.1, 0.15) is 56.5 Å². The molecule has 0 aromatic heterocycles. The number of rotatable bonds is 4. The van der Waals surface area contributed by atoms with E-state index >= 15 is 0 Å². The van der Waals surface area contributed by atoms with Crippen molar-refractivity contribution >= 4 is 5.78 Å². The molecular weight excluding hydrogens is 196 g/mol. The highest BCUT2D eigenvalue weighted by Crippen LogP contribution is 2.19. The van der Waals surface area contributed by atoms with Crippen molar-refractivity contribution in [1.29, 1.82) is 0 Å². The molecule has 0 bridgehead atoms. The molecule has 1 heteroatoms. The highest BCUT2D eigenvalue weighted by molar-refractivity contribution is 5.97. The summed E-state index contributed by atoms with van der Waals surface area (Å²) in [6.07, 6.45) is 0. The Labute approximate surface area is 98.9 Å². The molecule has 88 valence electrons. The smallest absolute Gasteiger partial charge is 0.165 e. The zero-order chi connectivity index (χ0) is 12.3. The van der Waals surface area contributed by atoms with Crippen molar-refractivity contribution in [3.05, 3.63) is 35.4 Å². The minimum atomic E-state index is 0.102. The second-order valence-electron chi connectivity index (χ2n) is 5.17. The Morgan fingerprint density at radius 1 is 0.938 bits per heavy atom. The molecule has 1 aromatic carbocycles. The van der Waals surface area contributed by atoms with Gasteiger partial charge in [-0.25, -0.2) is 0 Å². The van der Waals surface area contributed by atoms with E-state index in [0.717, 1.165) is 5.56 Å². The molecule has 1 atom stereocenters. The lowest BCUT2D eigenvalue weighted by atomic mass is 9.89. The van der Waals surface area contributed by atoms with Gasteiger partial charge in [0, 0.05) is 11.5 Å². The molecule has 0 radical (unpaired) electrons. The molecule has 0 saturated carbocycles. The van der Waals surface area contributed by atoms with Gasteiger partial charge in [-0.05, 0) is 17.4 Å². The van der Waals surface area contributed by atoms with Crippen molar-refractivity contribution in [3.63, 3.8) is 0 Å². The summed E-state index contributed by atoms with van der Waals surface area (Å²) in [6.45, 7) is 10.5. The van der Waals surface area contributed by atoms with Crippen LogP contribution in [0.2, 0.25) is 0 Å². The predicted molar refractivity (Wildman–Crippen MR) is 68.9 cm³/mol. The molecule has 0 heterocycles. The lowest BCUT2D eigenvalue weighted by Gasteiger charge is -2.14. The third-order valence-electron chi connectivity index (χ3n) is 3.28. The van der Waals surface area contributed by atoms with Gasteiger partial charge in [0.05, 0.1) is 0 Å². The molecule has 0 amide bonds. The zero-order valence-corrected chi connectivity index (χ0v) is 10.9.